The largest absolute Gasteiger partial charge is 0.466 e. The predicted molar refractivity (Wildman–Crippen MR) is 55.7 cm³/mol. The second-order valence-electron chi connectivity index (χ2n) is 4.46. The molecule has 0 spiro atoms. The smallest absolute Gasteiger partial charge is 0.331 e. The number of ether oxygens (including phenoxy) is 1. The van der Waals surface area contributed by atoms with Gasteiger partial charge < -0.3 is 10.1 Å². The monoisotopic (exact) mass is 197 g/mol. The SMILES string of the molecule is COC(=O)/C=C/NC1CCCC1(C)C. The molecule has 1 saturated carbocycles. The summed E-state index contributed by atoms with van der Waals surface area (Å²) >= 11 is 0. The van der Waals surface area contributed by atoms with E-state index in [9.17, 15) is 4.79 Å². The van der Waals surface area contributed by atoms with Gasteiger partial charge in [0.05, 0.1) is 7.11 Å². The lowest BCUT2D eigenvalue weighted by molar-refractivity contribution is -0.134. The van der Waals surface area contributed by atoms with Gasteiger partial charge in [0, 0.05) is 18.3 Å². The number of hydrogen-bond acceptors (Lipinski definition) is 3. The van der Waals surface area contributed by atoms with E-state index in [1.165, 1.54) is 32.4 Å². The van der Waals surface area contributed by atoms with Crippen LogP contribution in [0.25, 0.3) is 0 Å². The van der Waals surface area contributed by atoms with Crippen LogP contribution in [0.2, 0.25) is 0 Å². The van der Waals surface area contributed by atoms with Crippen LogP contribution in [0.15, 0.2) is 12.3 Å². The maximum absolute atomic E-state index is 10.8. The van der Waals surface area contributed by atoms with E-state index in [-0.39, 0.29) is 5.97 Å². The van der Waals surface area contributed by atoms with Crippen molar-refractivity contribution in [2.45, 2.75) is 39.2 Å². The maximum Gasteiger partial charge on any atom is 0.331 e. The molecule has 3 heteroatoms. The summed E-state index contributed by atoms with van der Waals surface area (Å²) in [6.45, 7) is 4.51. The summed E-state index contributed by atoms with van der Waals surface area (Å²) in [7, 11) is 1.38. The molecule has 1 atom stereocenters. The molecule has 1 fully saturated rings. The Morgan fingerprint density at radius 2 is 2.29 bits per heavy atom. The van der Waals surface area contributed by atoms with Crippen LogP contribution in [-0.2, 0) is 9.53 Å². The van der Waals surface area contributed by atoms with Crippen LogP contribution in [0.4, 0.5) is 0 Å². The molecule has 0 radical (unpaired) electrons. The second kappa shape index (κ2) is 4.49. The molecule has 1 aliphatic rings. The van der Waals surface area contributed by atoms with Gasteiger partial charge in [0.2, 0.25) is 0 Å². The van der Waals surface area contributed by atoms with Crippen molar-refractivity contribution >= 4 is 5.97 Å². The summed E-state index contributed by atoms with van der Waals surface area (Å²) in [6, 6.07) is 0.475. The fraction of sp³-hybridized carbons (Fsp3) is 0.727. The van der Waals surface area contributed by atoms with Gasteiger partial charge in [-0.2, -0.15) is 0 Å². The normalized spacial score (nSPS) is 25.2. The van der Waals surface area contributed by atoms with Crippen LogP contribution in [-0.4, -0.2) is 19.1 Å². The van der Waals surface area contributed by atoms with Crippen molar-refractivity contribution in [3.63, 3.8) is 0 Å². The summed E-state index contributed by atoms with van der Waals surface area (Å²) < 4.78 is 4.50. The number of carbonyl (C=O) groups is 1. The van der Waals surface area contributed by atoms with Crippen molar-refractivity contribution in [3.8, 4) is 0 Å². The standard InChI is InChI=1S/C11H19NO2/c1-11(2)7-4-5-9(11)12-8-6-10(13)14-3/h6,8-9,12H,4-5,7H2,1-3H3/b8-6+. The minimum absolute atomic E-state index is 0.312. The van der Waals surface area contributed by atoms with E-state index in [0.29, 0.717) is 11.5 Å². The molecule has 3 nitrogen and oxygen atoms in total. The Morgan fingerprint density at radius 3 is 2.79 bits per heavy atom. The van der Waals surface area contributed by atoms with Crippen molar-refractivity contribution in [2.24, 2.45) is 5.41 Å². The van der Waals surface area contributed by atoms with Crippen molar-refractivity contribution in [3.05, 3.63) is 12.3 Å². The molecule has 0 aromatic heterocycles. The number of esters is 1. The number of methoxy groups -OCH3 is 1. The van der Waals surface area contributed by atoms with Crippen LogP contribution < -0.4 is 5.32 Å². The van der Waals surface area contributed by atoms with Crippen LogP contribution in [0.3, 0.4) is 0 Å². The topological polar surface area (TPSA) is 38.3 Å². The molecule has 0 aromatic rings. The second-order valence-corrected chi connectivity index (χ2v) is 4.46. The molecule has 0 bridgehead atoms. The van der Waals surface area contributed by atoms with Gasteiger partial charge in [-0.3, -0.25) is 0 Å². The number of nitrogens with one attached hydrogen (secondary N) is 1. The first-order valence-corrected chi connectivity index (χ1v) is 5.07. The molecule has 1 unspecified atom stereocenters. The molecule has 0 saturated heterocycles. The highest BCUT2D eigenvalue weighted by Gasteiger charge is 2.33. The van der Waals surface area contributed by atoms with Gasteiger partial charge in [0.15, 0.2) is 0 Å². The Hall–Kier alpha value is -0.990. The molecule has 14 heavy (non-hydrogen) atoms. The quantitative estimate of drug-likeness (QED) is 0.554. The van der Waals surface area contributed by atoms with Crippen molar-refractivity contribution < 1.29 is 9.53 Å². The molecule has 1 N–H and O–H groups in total. The highest BCUT2D eigenvalue weighted by Crippen LogP contribution is 2.36. The summed E-state index contributed by atoms with van der Waals surface area (Å²) in [5.74, 6) is -0.312. The highest BCUT2D eigenvalue weighted by atomic mass is 16.5. The van der Waals surface area contributed by atoms with E-state index in [4.69, 9.17) is 0 Å². The lowest BCUT2D eigenvalue weighted by atomic mass is 9.87. The summed E-state index contributed by atoms with van der Waals surface area (Å²) in [4.78, 5) is 10.8. The Morgan fingerprint density at radius 1 is 1.57 bits per heavy atom. The highest BCUT2D eigenvalue weighted by molar-refractivity contribution is 5.81. The van der Waals surface area contributed by atoms with E-state index in [1.807, 2.05) is 0 Å². The molecule has 1 aliphatic carbocycles. The first kappa shape index (κ1) is 11.1. The van der Waals surface area contributed by atoms with E-state index in [1.54, 1.807) is 6.20 Å². The third kappa shape index (κ3) is 2.76. The third-order valence-corrected chi connectivity index (χ3v) is 2.98. The molecule has 0 heterocycles. The molecular formula is C11H19NO2. The molecule has 0 aliphatic heterocycles. The maximum atomic E-state index is 10.8. The zero-order valence-electron chi connectivity index (χ0n) is 9.17. The first-order chi connectivity index (χ1) is 6.56. The zero-order chi connectivity index (χ0) is 10.6. The van der Waals surface area contributed by atoms with Gasteiger partial charge in [0.25, 0.3) is 0 Å². The van der Waals surface area contributed by atoms with Gasteiger partial charge in [-0.05, 0) is 18.3 Å². The van der Waals surface area contributed by atoms with Gasteiger partial charge in [-0.25, -0.2) is 4.79 Å². The van der Waals surface area contributed by atoms with E-state index in [0.717, 1.165) is 0 Å². The lowest BCUT2D eigenvalue weighted by Gasteiger charge is -2.26. The lowest BCUT2D eigenvalue weighted by Crippen LogP contribution is -2.34. The Labute approximate surface area is 85.5 Å². The molecule has 0 aromatic carbocycles. The van der Waals surface area contributed by atoms with Crippen LogP contribution in [0.5, 0.6) is 0 Å². The Kier molecular flexibility index (Phi) is 3.55. The Balaban J connectivity index is 2.38. The number of hydrogen-bond donors (Lipinski definition) is 1. The molecule has 80 valence electrons. The van der Waals surface area contributed by atoms with Gasteiger partial charge in [-0.15, -0.1) is 0 Å². The van der Waals surface area contributed by atoms with E-state index < -0.39 is 0 Å². The van der Waals surface area contributed by atoms with Crippen LogP contribution >= 0.6 is 0 Å². The summed E-state index contributed by atoms with van der Waals surface area (Å²) in [5, 5.41) is 3.26. The van der Waals surface area contributed by atoms with Gasteiger partial charge >= 0.3 is 5.97 Å². The predicted octanol–water partition coefficient (Wildman–Crippen LogP) is 1.84. The van der Waals surface area contributed by atoms with E-state index >= 15 is 0 Å². The van der Waals surface area contributed by atoms with Gasteiger partial charge in [-0.1, -0.05) is 20.3 Å². The van der Waals surface area contributed by atoms with Crippen LogP contribution in [0, 0.1) is 5.41 Å². The minimum Gasteiger partial charge on any atom is -0.466 e. The Bertz CT molecular complexity index is 233. The van der Waals surface area contributed by atoms with E-state index in [2.05, 4.69) is 23.9 Å². The van der Waals surface area contributed by atoms with Crippen LogP contribution in [0.1, 0.15) is 33.1 Å². The third-order valence-electron chi connectivity index (χ3n) is 2.98. The molecule has 1 rings (SSSR count). The average molecular weight is 197 g/mol. The molecular weight excluding hydrogens is 178 g/mol. The summed E-state index contributed by atoms with van der Waals surface area (Å²) in [5.41, 5.74) is 0.334. The first-order valence-electron chi connectivity index (χ1n) is 5.07. The summed E-state index contributed by atoms with van der Waals surface area (Å²) in [6.07, 6.45) is 6.81. The molecule has 0 amide bonds. The average Bonchev–Trinajstić information content (AvgIpc) is 2.45. The fourth-order valence-corrected chi connectivity index (χ4v) is 1.94. The van der Waals surface area contributed by atoms with Crippen molar-refractivity contribution in [1.29, 1.82) is 0 Å². The number of rotatable bonds is 3. The van der Waals surface area contributed by atoms with Crippen molar-refractivity contribution in [1.82, 2.24) is 5.32 Å². The number of carbonyl (C=O) groups excluding carboxylic acids is 1. The van der Waals surface area contributed by atoms with Crippen molar-refractivity contribution in [2.75, 3.05) is 7.11 Å². The minimum atomic E-state index is -0.312. The zero-order valence-corrected chi connectivity index (χ0v) is 9.17. The fourth-order valence-electron chi connectivity index (χ4n) is 1.94. The van der Waals surface area contributed by atoms with Gasteiger partial charge in [0.1, 0.15) is 0 Å².